The van der Waals surface area contributed by atoms with Crippen molar-refractivity contribution >= 4 is 33.1 Å². The zero-order valence-corrected chi connectivity index (χ0v) is 12.4. The number of thiazole rings is 1. The molecular formula is C15H11N3O3S. The average molecular weight is 313 g/mol. The van der Waals surface area contributed by atoms with Gasteiger partial charge in [0.25, 0.3) is 11.6 Å². The van der Waals surface area contributed by atoms with E-state index in [0.717, 1.165) is 10.2 Å². The molecule has 1 heterocycles. The summed E-state index contributed by atoms with van der Waals surface area (Å²) in [6.07, 6.45) is 0. The number of amides is 1. The number of rotatable bonds is 2. The van der Waals surface area contributed by atoms with Crippen LogP contribution in [0.15, 0.2) is 53.5 Å². The van der Waals surface area contributed by atoms with Gasteiger partial charge in [-0.1, -0.05) is 35.6 Å². The van der Waals surface area contributed by atoms with Crippen LogP contribution in [0.5, 0.6) is 0 Å². The van der Waals surface area contributed by atoms with Gasteiger partial charge < -0.3 is 4.57 Å². The van der Waals surface area contributed by atoms with Crippen LogP contribution >= 0.6 is 11.3 Å². The molecule has 3 rings (SSSR count). The average Bonchev–Trinajstić information content (AvgIpc) is 2.84. The third kappa shape index (κ3) is 2.42. The topological polar surface area (TPSA) is 77.5 Å². The molecule has 0 aliphatic carbocycles. The highest BCUT2D eigenvalue weighted by Gasteiger charge is 2.18. The second-order valence-electron chi connectivity index (χ2n) is 4.60. The summed E-state index contributed by atoms with van der Waals surface area (Å²) in [7, 11) is 1.81. The Balaban J connectivity index is 2.13. The van der Waals surface area contributed by atoms with Gasteiger partial charge in [-0.3, -0.25) is 14.9 Å². The number of carbonyl (C=O) groups excluding carboxylic acids is 1. The van der Waals surface area contributed by atoms with Crippen molar-refractivity contribution < 1.29 is 9.72 Å². The number of benzene rings is 2. The summed E-state index contributed by atoms with van der Waals surface area (Å²) in [5.41, 5.74) is 0.714. The molecule has 22 heavy (non-hydrogen) atoms. The molecule has 0 saturated heterocycles. The van der Waals surface area contributed by atoms with Gasteiger partial charge in [-0.15, -0.1) is 0 Å². The van der Waals surface area contributed by atoms with Gasteiger partial charge in [0.05, 0.1) is 15.1 Å². The number of fused-ring (bicyclic) bond motifs is 1. The van der Waals surface area contributed by atoms with Crippen LogP contribution in [0, 0.1) is 10.1 Å². The van der Waals surface area contributed by atoms with E-state index in [9.17, 15) is 14.9 Å². The maximum Gasteiger partial charge on any atom is 0.286 e. The number of hydrogen-bond donors (Lipinski definition) is 0. The van der Waals surface area contributed by atoms with Crippen LogP contribution in [0.25, 0.3) is 10.2 Å². The molecule has 1 aromatic heterocycles. The normalized spacial score (nSPS) is 11.8. The van der Waals surface area contributed by atoms with E-state index in [2.05, 4.69) is 4.99 Å². The van der Waals surface area contributed by atoms with Crippen molar-refractivity contribution in [2.75, 3.05) is 0 Å². The lowest BCUT2D eigenvalue weighted by atomic mass is 10.2. The van der Waals surface area contributed by atoms with Crippen molar-refractivity contribution in [3.05, 3.63) is 69.0 Å². The predicted octanol–water partition coefficient (Wildman–Crippen LogP) is 2.89. The van der Waals surface area contributed by atoms with E-state index < -0.39 is 10.8 Å². The highest BCUT2D eigenvalue weighted by molar-refractivity contribution is 7.16. The summed E-state index contributed by atoms with van der Waals surface area (Å²) in [4.78, 5) is 27.3. The first-order valence-corrected chi connectivity index (χ1v) is 7.26. The predicted molar refractivity (Wildman–Crippen MR) is 83.8 cm³/mol. The highest BCUT2D eigenvalue weighted by Crippen LogP contribution is 2.19. The maximum atomic E-state index is 12.3. The molecule has 2 aromatic carbocycles. The van der Waals surface area contributed by atoms with Crippen LogP contribution in [0.3, 0.4) is 0 Å². The van der Waals surface area contributed by atoms with Crippen molar-refractivity contribution in [1.82, 2.24) is 4.57 Å². The van der Waals surface area contributed by atoms with Crippen molar-refractivity contribution in [1.29, 1.82) is 0 Å². The van der Waals surface area contributed by atoms with Gasteiger partial charge in [-0.25, -0.2) is 0 Å². The summed E-state index contributed by atoms with van der Waals surface area (Å²) in [6.45, 7) is 0. The van der Waals surface area contributed by atoms with Crippen molar-refractivity contribution in [3.8, 4) is 0 Å². The number of hydrogen-bond acceptors (Lipinski definition) is 4. The van der Waals surface area contributed by atoms with Crippen LogP contribution in [0.2, 0.25) is 0 Å². The molecule has 0 bridgehead atoms. The fourth-order valence-corrected chi connectivity index (χ4v) is 3.17. The molecular weight excluding hydrogens is 302 g/mol. The number of nitro groups is 1. The van der Waals surface area contributed by atoms with Crippen molar-refractivity contribution in [2.24, 2.45) is 12.0 Å². The van der Waals surface area contributed by atoms with E-state index in [4.69, 9.17) is 0 Å². The second-order valence-corrected chi connectivity index (χ2v) is 5.61. The Bertz CT molecular complexity index is 956. The van der Waals surface area contributed by atoms with Crippen LogP contribution in [0.4, 0.5) is 5.69 Å². The lowest BCUT2D eigenvalue weighted by Gasteiger charge is -1.97. The first-order chi connectivity index (χ1) is 10.6. The number of aryl methyl sites for hydroxylation is 1. The van der Waals surface area contributed by atoms with E-state index in [-0.39, 0.29) is 11.3 Å². The zero-order valence-electron chi connectivity index (χ0n) is 11.6. The molecule has 3 aromatic rings. The molecule has 0 N–H and O–H groups in total. The number of nitro benzene ring substituents is 1. The molecule has 7 heteroatoms. The van der Waals surface area contributed by atoms with Crippen molar-refractivity contribution in [3.63, 3.8) is 0 Å². The Labute approximate surface area is 129 Å². The van der Waals surface area contributed by atoms with E-state index in [1.165, 1.54) is 29.5 Å². The molecule has 1 amide bonds. The first kappa shape index (κ1) is 14.2. The fraction of sp³-hybridized carbons (Fsp3) is 0.0667. The Hall–Kier alpha value is -2.80. The number of aromatic nitrogens is 1. The maximum absolute atomic E-state index is 12.3. The number of nitrogens with zero attached hydrogens (tertiary/aromatic N) is 3. The first-order valence-electron chi connectivity index (χ1n) is 6.45. The van der Waals surface area contributed by atoms with Gasteiger partial charge in [0.2, 0.25) is 0 Å². The number of carbonyl (C=O) groups is 1. The summed E-state index contributed by atoms with van der Waals surface area (Å²) in [6, 6.07) is 13.5. The Morgan fingerprint density at radius 2 is 1.86 bits per heavy atom. The van der Waals surface area contributed by atoms with Crippen LogP contribution in [0.1, 0.15) is 10.4 Å². The largest absolute Gasteiger partial charge is 0.319 e. The smallest absolute Gasteiger partial charge is 0.286 e. The van der Waals surface area contributed by atoms with Gasteiger partial charge >= 0.3 is 0 Å². The van der Waals surface area contributed by atoms with E-state index >= 15 is 0 Å². The molecule has 0 fully saturated rings. The lowest BCUT2D eigenvalue weighted by Crippen LogP contribution is -2.13. The van der Waals surface area contributed by atoms with E-state index in [1.807, 2.05) is 31.3 Å². The van der Waals surface area contributed by atoms with Crippen LogP contribution < -0.4 is 4.80 Å². The van der Waals surface area contributed by atoms with Crippen LogP contribution in [-0.4, -0.2) is 15.4 Å². The minimum Gasteiger partial charge on any atom is -0.319 e. The SMILES string of the molecule is Cn1c(=NC(=O)c2ccccc2[N+](=O)[O-])sc2ccccc21. The van der Waals surface area contributed by atoms with E-state index in [0.29, 0.717) is 4.80 Å². The third-order valence-corrected chi connectivity index (χ3v) is 4.36. The molecule has 0 atom stereocenters. The van der Waals surface area contributed by atoms with Crippen molar-refractivity contribution in [2.45, 2.75) is 0 Å². The molecule has 0 aliphatic rings. The Morgan fingerprint density at radius 1 is 1.18 bits per heavy atom. The molecule has 6 nitrogen and oxygen atoms in total. The van der Waals surface area contributed by atoms with Gasteiger partial charge in [-0.05, 0) is 18.2 Å². The fourth-order valence-electron chi connectivity index (χ4n) is 2.15. The standard InChI is InChI=1S/C15H11N3O3S/c1-17-12-8-4-5-9-13(12)22-15(17)16-14(19)10-6-2-3-7-11(10)18(20)21/h2-9H,1H3. The summed E-state index contributed by atoms with van der Waals surface area (Å²) in [5, 5.41) is 11.0. The van der Waals surface area contributed by atoms with Crippen LogP contribution in [-0.2, 0) is 7.05 Å². The minimum absolute atomic E-state index is 0.00930. The lowest BCUT2D eigenvalue weighted by molar-refractivity contribution is -0.385. The third-order valence-electron chi connectivity index (χ3n) is 3.24. The zero-order chi connectivity index (χ0) is 15.7. The molecule has 0 saturated carbocycles. The molecule has 0 unspecified atom stereocenters. The van der Waals surface area contributed by atoms with Gasteiger partial charge in [0, 0.05) is 13.1 Å². The summed E-state index contributed by atoms with van der Waals surface area (Å²) < 4.78 is 2.80. The highest BCUT2D eigenvalue weighted by atomic mass is 32.1. The summed E-state index contributed by atoms with van der Waals surface area (Å²) in [5.74, 6) is -0.616. The monoisotopic (exact) mass is 313 g/mol. The molecule has 0 aliphatic heterocycles. The van der Waals surface area contributed by atoms with Gasteiger partial charge in [-0.2, -0.15) is 4.99 Å². The second kappa shape index (κ2) is 5.53. The Morgan fingerprint density at radius 3 is 2.59 bits per heavy atom. The summed E-state index contributed by atoms with van der Waals surface area (Å²) >= 11 is 1.37. The number of para-hydroxylation sites is 2. The van der Waals surface area contributed by atoms with Gasteiger partial charge in [0.15, 0.2) is 4.80 Å². The minimum atomic E-state index is -0.616. The molecule has 0 radical (unpaired) electrons. The quantitative estimate of drug-likeness (QED) is 0.539. The molecule has 110 valence electrons. The van der Waals surface area contributed by atoms with Gasteiger partial charge in [0.1, 0.15) is 5.56 Å². The van der Waals surface area contributed by atoms with E-state index in [1.54, 1.807) is 10.6 Å². The Kier molecular flexibility index (Phi) is 3.56. The molecule has 0 spiro atoms.